The van der Waals surface area contributed by atoms with E-state index >= 15 is 0 Å². The molecule has 1 fully saturated rings. The predicted molar refractivity (Wildman–Crippen MR) is 83.0 cm³/mol. The zero-order valence-corrected chi connectivity index (χ0v) is 12.1. The molecule has 1 atom stereocenters. The van der Waals surface area contributed by atoms with Crippen LogP contribution in [0.25, 0.3) is 0 Å². The van der Waals surface area contributed by atoms with Gasteiger partial charge in [-0.25, -0.2) is 4.98 Å². The van der Waals surface area contributed by atoms with Gasteiger partial charge in [-0.3, -0.25) is 10.1 Å². The van der Waals surface area contributed by atoms with Crippen LogP contribution >= 0.6 is 0 Å². The number of aromatic nitrogens is 1. The minimum absolute atomic E-state index is 0.0108. The molecule has 1 aliphatic heterocycles. The number of morpholine rings is 1. The lowest BCUT2D eigenvalue weighted by atomic mass is 10.0. The Morgan fingerprint density at radius 2 is 2.09 bits per heavy atom. The standard InChI is InChI=1S/C16H17N3O3/c20-19(21)14-6-7-16(17-11-14)18-8-9-22-12-15(18)10-13-4-2-1-3-5-13/h1-7,11,15H,8-10,12H2/t15-/m0/s1. The number of rotatable bonds is 4. The zero-order chi connectivity index (χ0) is 15.4. The molecule has 0 N–H and O–H groups in total. The fraction of sp³-hybridized carbons (Fsp3) is 0.312. The van der Waals surface area contributed by atoms with Crippen LogP contribution in [0, 0.1) is 10.1 Å². The highest BCUT2D eigenvalue weighted by Gasteiger charge is 2.24. The van der Waals surface area contributed by atoms with Gasteiger partial charge in [0.2, 0.25) is 0 Å². The van der Waals surface area contributed by atoms with E-state index in [0.29, 0.717) is 13.2 Å². The average molecular weight is 299 g/mol. The summed E-state index contributed by atoms with van der Waals surface area (Å²) < 4.78 is 5.59. The van der Waals surface area contributed by atoms with Crippen LogP contribution in [0.2, 0.25) is 0 Å². The van der Waals surface area contributed by atoms with Crippen LogP contribution in [-0.2, 0) is 11.2 Å². The topological polar surface area (TPSA) is 68.5 Å². The molecular weight excluding hydrogens is 282 g/mol. The van der Waals surface area contributed by atoms with Gasteiger partial charge in [0, 0.05) is 12.6 Å². The van der Waals surface area contributed by atoms with Crippen LogP contribution in [-0.4, -0.2) is 35.7 Å². The van der Waals surface area contributed by atoms with Gasteiger partial charge >= 0.3 is 0 Å². The first-order chi connectivity index (χ1) is 10.7. The molecule has 1 aromatic heterocycles. The molecule has 1 aromatic carbocycles. The van der Waals surface area contributed by atoms with E-state index in [9.17, 15) is 10.1 Å². The maximum absolute atomic E-state index is 10.7. The highest BCUT2D eigenvalue weighted by molar-refractivity contribution is 5.44. The summed E-state index contributed by atoms with van der Waals surface area (Å²) in [6.07, 6.45) is 2.17. The van der Waals surface area contributed by atoms with Crippen molar-refractivity contribution in [1.82, 2.24) is 4.98 Å². The number of nitrogens with zero attached hydrogens (tertiary/aromatic N) is 3. The Morgan fingerprint density at radius 3 is 2.77 bits per heavy atom. The van der Waals surface area contributed by atoms with Crippen LogP contribution in [0.1, 0.15) is 5.56 Å². The first-order valence-corrected chi connectivity index (χ1v) is 7.23. The molecule has 6 nitrogen and oxygen atoms in total. The average Bonchev–Trinajstić information content (AvgIpc) is 2.56. The minimum atomic E-state index is -0.433. The van der Waals surface area contributed by atoms with Crippen molar-refractivity contribution < 1.29 is 9.66 Å². The van der Waals surface area contributed by atoms with E-state index in [1.165, 1.54) is 17.8 Å². The van der Waals surface area contributed by atoms with Gasteiger partial charge in [0.05, 0.1) is 24.2 Å². The number of ether oxygens (including phenoxy) is 1. The fourth-order valence-electron chi connectivity index (χ4n) is 2.67. The summed E-state index contributed by atoms with van der Waals surface area (Å²) in [5.74, 6) is 0.759. The van der Waals surface area contributed by atoms with Gasteiger partial charge in [0.15, 0.2) is 0 Å². The normalized spacial score (nSPS) is 18.2. The predicted octanol–water partition coefficient (Wildman–Crippen LogP) is 2.44. The Bertz CT molecular complexity index is 631. The van der Waals surface area contributed by atoms with Gasteiger partial charge < -0.3 is 9.64 Å². The van der Waals surface area contributed by atoms with Crippen molar-refractivity contribution in [3.05, 3.63) is 64.3 Å². The van der Waals surface area contributed by atoms with E-state index in [1.807, 2.05) is 18.2 Å². The largest absolute Gasteiger partial charge is 0.377 e. The minimum Gasteiger partial charge on any atom is -0.377 e. The maximum Gasteiger partial charge on any atom is 0.287 e. The molecule has 0 unspecified atom stereocenters. The molecule has 0 spiro atoms. The first kappa shape index (κ1) is 14.5. The quantitative estimate of drug-likeness (QED) is 0.640. The second-order valence-corrected chi connectivity index (χ2v) is 5.24. The third-order valence-corrected chi connectivity index (χ3v) is 3.78. The van der Waals surface area contributed by atoms with Crippen LogP contribution < -0.4 is 4.90 Å². The van der Waals surface area contributed by atoms with Gasteiger partial charge in [0.1, 0.15) is 12.0 Å². The number of anilines is 1. The van der Waals surface area contributed by atoms with E-state index in [2.05, 4.69) is 22.0 Å². The summed E-state index contributed by atoms with van der Waals surface area (Å²) in [6, 6.07) is 13.6. The molecule has 0 amide bonds. The molecular formula is C16H17N3O3. The van der Waals surface area contributed by atoms with Crippen molar-refractivity contribution in [3.63, 3.8) is 0 Å². The molecule has 0 aliphatic carbocycles. The lowest BCUT2D eigenvalue weighted by Gasteiger charge is -2.36. The van der Waals surface area contributed by atoms with Gasteiger partial charge in [-0.2, -0.15) is 0 Å². The number of nitro groups is 1. The van der Waals surface area contributed by atoms with Gasteiger partial charge in [-0.1, -0.05) is 30.3 Å². The molecule has 114 valence electrons. The van der Waals surface area contributed by atoms with Crippen LogP contribution in [0.5, 0.6) is 0 Å². The van der Waals surface area contributed by atoms with Crippen molar-refractivity contribution in [2.75, 3.05) is 24.7 Å². The number of hydrogen-bond acceptors (Lipinski definition) is 5. The van der Waals surface area contributed by atoms with Crippen molar-refractivity contribution in [3.8, 4) is 0 Å². The van der Waals surface area contributed by atoms with E-state index in [0.717, 1.165) is 18.8 Å². The smallest absolute Gasteiger partial charge is 0.287 e. The van der Waals surface area contributed by atoms with Gasteiger partial charge in [-0.15, -0.1) is 0 Å². The number of pyridine rings is 1. The van der Waals surface area contributed by atoms with E-state index in [4.69, 9.17) is 4.74 Å². The summed E-state index contributed by atoms with van der Waals surface area (Å²) in [5, 5.41) is 10.7. The maximum atomic E-state index is 10.7. The molecule has 2 aromatic rings. The van der Waals surface area contributed by atoms with Crippen molar-refractivity contribution >= 4 is 11.5 Å². The lowest BCUT2D eigenvalue weighted by Crippen LogP contribution is -2.47. The summed E-state index contributed by atoms with van der Waals surface area (Å²) in [5.41, 5.74) is 1.25. The van der Waals surface area contributed by atoms with Crippen molar-refractivity contribution in [2.24, 2.45) is 0 Å². The van der Waals surface area contributed by atoms with Crippen molar-refractivity contribution in [2.45, 2.75) is 12.5 Å². The lowest BCUT2D eigenvalue weighted by molar-refractivity contribution is -0.385. The fourth-order valence-corrected chi connectivity index (χ4v) is 2.67. The Balaban J connectivity index is 1.78. The summed E-state index contributed by atoms with van der Waals surface area (Å²) in [6.45, 7) is 2.01. The number of hydrogen-bond donors (Lipinski definition) is 0. The van der Waals surface area contributed by atoms with Crippen LogP contribution in [0.15, 0.2) is 48.7 Å². The van der Waals surface area contributed by atoms with Crippen molar-refractivity contribution in [1.29, 1.82) is 0 Å². The second kappa shape index (κ2) is 6.53. The Morgan fingerprint density at radius 1 is 1.27 bits per heavy atom. The zero-order valence-electron chi connectivity index (χ0n) is 12.1. The Kier molecular flexibility index (Phi) is 4.29. The SMILES string of the molecule is O=[N+]([O-])c1ccc(N2CCOC[C@@H]2Cc2ccccc2)nc1. The molecule has 1 aliphatic rings. The molecule has 2 heterocycles. The molecule has 3 rings (SSSR count). The highest BCUT2D eigenvalue weighted by atomic mass is 16.6. The van der Waals surface area contributed by atoms with E-state index < -0.39 is 4.92 Å². The molecule has 1 saturated heterocycles. The van der Waals surface area contributed by atoms with E-state index in [-0.39, 0.29) is 11.7 Å². The molecule has 22 heavy (non-hydrogen) atoms. The van der Waals surface area contributed by atoms with Gasteiger partial charge in [-0.05, 0) is 18.1 Å². The molecule has 6 heteroatoms. The summed E-state index contributed by atoms with van der Waals surface area (Å²) in [7, 11) is 0. The summed E-state index contributed by atoms with van der Waals surface area (Å²) >= 11 is 0. The molecule has 0 bridgehead atoms. The Labute approximate surface area is 128 Å². The number of benzene rings is 1. The second-order valence-electron chi connectivity index (χ2n) is 5.24. The molecule has 0 radical (unpaired) electrons. The third-order valence-electron chi connectivity index (χ3n) is 3.78. The molecule has 0 saturated carbocycles. The summed E-state index contributed by atoms with van der Waals surface area (Å²) in [4.78, 5) is 16.7. The monoisotopic (exact) mass is 299 g/mol. The van der Waals surface area contributed by atoms with E-state index in [1.54, 1.807) is 6.07 Å². The first-order valence-electron chi connectivity index (χ1n) is 7.23. The van der Waals surface area contributed by atoms with Crippen LogP contribution in [0.4, 0.5) is 11.5 Å². The van der Waals surface area contributed by atoms with Crippen LogP contribution in [0.3, 0.4) is 0 Å². The highest BCUT2D eigenvalue weighted by Crippen LogP contribution is 2.22. The van der Waals surface area contributed by atoms with Gasteiger partial charge in [0.25, 0.3) is 5.69 Å². The Hall–Kier alpha value is -2.47. The third kappa shape index (κ3) is 3.23.